The van der Waals surface area contributed by atoms with Gasteiger partial charge in [0.1, 0.15) is 11.6 Å². The standard InChI is InChI=1S/C27H39N5O/c1-16(2)12-23-14-20(8-11-32(23)22-6-9-28-10-7-22)21-13-17(3)26-24(15-21)29-27(30-26)25-18(4)31-33-19(25)5/h13,15-16,20,22-23,28H,6-12,14H2,1-5H3,(H,29,30)/t20?,23-/m1/s1. The number of H-pyrrole nitrogens is 1. The number of nitrogens with one attached hydrogen (secondary N) is 2. The first-order chi connectivity index (χ1) is 15.9. The highest BCUT2D eigenvalue weighted by Gasteiger charge is 2.34. The number of piperidine rings is 2. The minimum Gasteiger partial charge on any atom is -0.361 e. The first-order valence-electron chi connectivity index (χ1n) is 12.8. The molecule has 5 rings (SSSR count). The summed E-state index contributed by atoms with van der Waals surface area (Å²) in [5, 5.41) is 7.65. The van der Waals surface area contributed by atoms with Crippen LogP contribution in [0.2, 0.25) is 0 Å². The summed E-state index contributed by atoms with van der Waals surface area (Å²) in [4.78, 5) is 11.4. The molecule has 0 saturated carbocycles. The second kappa shape index (κ2) is 9.22. The fourth-order valence-electron chi connectivity index (χ4n) is 6.26. The maximum absolute atomic E-state index is 5.38. The lowest BCUT2D eigenvalue weighted by molar-refractivity contribution is 0.0562. The van der Waals surface area contributed by atoms with Crippen molar-refractivity contribution in [3.05, 3.63) is 34.7 Å². The Hall–Kier alpha value is -2.18. The van der Waals surface area contributed by atoms with E-state index in [4.69, 9.17) is 9.51 Å². The van der Waals surface area contributed by atoms with Crippen LogP contribution in [0, 0.1) is 26.7 Å². The molecule has 178 valence electrons. The predicted molar refractivity (Wildman–Crippen MR) is 134 cm³/mol. The van der Waals surface area contributed by atoms with Gasteiger partial charge >= 0.3 is 0 Å². The molecular formula is C27H39N5O. The average molecular weight is 450 g/mol. The lowest BCUT2D eigenvalue weighted by Gasteiger charge is -2.46. The number of imidazole rings is 1. The summed E-state index contributed by atoms with van der Waals surface area (Å²) in [5.41, 5.74) is 6.76. The number of fused-ring (bicyclic) bond motifs is 1. The Bertz CT molecular complexity index is 1090. The van der Waals surface area contributed by atoms with Gasteiger partial charge in [0, 0.05) is 12.1 Å². The van der Waals surface area contributed by atoms with E-state index in [9.17, 15) is 0 Å². The Morgan fingerprint density at radius 1 is 1.12 bits per heavy atom. The fourth-order valence-corrected chi connectivity index (χ4v) is 6.26. The van der Waals surface area contributed by atoms with Crippen LogP contribution in [0.5, 0.6) is 0 Å². The number of benzene rings is 1. The van der Waals surface area contributed by atoms with E-state index in [1.807, 2.05) is 13.8 Å². The van der Waals surface area contributed by atoms with Crippen LogP contribution in [-0.2, 0) is 0 Å². The average Bonchev–Trinajstić information content (AvgIpc) is 3.36. The van der Waals surface area contributed by atoms with Gasteiger partial charge in [-0.05, 0) is 102 Å². The molecule has 0 amide bonds. The molecular weight excluding hydrogens is 410 g/mol. The summed E-state index contributed by atoms with van der Waals surface area (Å²) in [5.74, 6) is 3.01. The zero-order chi connectivity index (χ0) is 23.1. The minimum atomic E-state index is 0.612. The minimum absolute atomic E-state index is 0.612. The molecule has 2 atom stereocenters. The van der Waals surface area contributed by atoms with Crippen molar-refractivity contribution in [2.45, 2.75) is 84.7 Å². The van der Waals surface area contributed by atoms with Crippen molar-refractivity contribution in [2.24, 2.45) is 5.92 Å². The quantitative estimate of drug-likeness (QED) is 0.539. The van der Waals surface area contributed by atoms with E-state index in [-0.39, 0.29) is 0 Å². The van der Waals surface area contributed by atoms with Gasteiger partial charge in [0.25, 0.3) is 0 Å². The molecule has 33 heavy (non-hydrogen) atoms. The molecule has 0 radical (unpaired) electrons. The molecule has 3 aromatic rings. The molecule has 2 aliphatic rings. The van der Waals surface area contributed by atoms with Crippen molar-refractivity contribution in [1.29, 1.82) is 0 Å². The summed E-state index contributed by atoms with van der Waals surface area (Å²) >= 11 is 0. The molecule has 2 saturated heterocycles. The van der Waals surface area contributed by atoms with Gasteiger partial charge in [0.15, 0.2) is 0 Å². The van der Waals surface area contributed by atoms with Gasteiger partial charge in [-0.1, -0.05) is 25.1 Å². The lowest BCUT2D eigenvalue weighted by Crippen LogP contribution is -2.51. The third kappa shape index (κ3) is 4.47. The molecule has 1 aromatic carbocycles. The van der Waals surface area contributed by atoms with Crippen LogP contribution in [0.3, 0.4) is 0 Å². The highest BCUT2D eigenvalue weighted by Crippen LogP contribution is 2.38. The zero-order valence-corrected chi connectivity index (χ0v) is 20.9. The molecule has 6 nitrogen and oxygen atoms in total. The molecule has 2 N–H and O–H groups in total. The van der Waals surface area contributed by atoms with Crippen LogP contribution in [-0.4, -0.2) is 51.7 Å². The highest BCUT2D eigenvalue weighted by molar-refractivity contribution is 5.83. The van der Waals surface area contributed by atoms with Crippen molar-refractivity contribution < 1.29 is 4.52 Å². The molecule has 1 unspecified atom stereocenters. The van der Waals surface area contributed by atoms with Gasteiger partial charge in [-0.15, -0.1) is 0 Å². The number of aryl methyl sites for hydroxylation is 3. The Kier molecular flexibility index (Phi) is 6.32. The van der Waals surface area contributed by atoms with Gasteiger partial charge in [0.2, 0.25) is 0 Å². The number of likely N-dealkylation sites (tertiary alicyclic amines) is 1. The monoisotopic (exact) mass is 449 g/mol. The lowest BCUT2D eigenvalue weighted by atomic mass is 9.80. The van der Waals surface area contributed by atoms with E-state index < -0.39 is 0 Å². The molecule has 4 heterocycles. The summed E-state index contributed by atoms with van der Waals surface area (Å²) in [6.07, 6.45) is 6.39. The van der Waals surface area contributed by atoms with Crippen LogP contribution < -0.4 is 5.32 Å². The SMILES string of the molecule is Cc1noc(C)c1-c1nc2c(C)cc(C3CCN(C4CCNCC4)[C@H](CC(C)C)C3)cc2[nH]1. The first-order valence-corrected chi connectivity index (χ1v) is 12.8. The molecule has 6 heteroatoms. The molecule has 2 aromatic heterocycles. The normalized spacial score (nSPS) is 23.1. The smallest absolute Gasteiger partial charge is 0.144 e. The van der Waals surface area contributed by atoms with Crippen molar-refractivity contribution in [3.63, 3.8) is 0 Å². The van der Waals surface area contributed by atoms with Gasteiger partial charge < -0.3 is 14.8 Å². The topological polar surface area (TPSA) is 70.0 Å². The Morgan fingerprint density at radius 2 is 1.91 bits per heavy atom. The van der Waals surface area contributed by atoms with Crippen LogP contribution in [0.4, 0.5) is 0 Å². The first kappa shape index (κ1) is 22.6. The van der Waals surface area contributed by atoms with E-state index in [1.54, 1.807) is 0 Å². The fraction of sp³-hybridized carbons (Fsp3) is 0.630. The number of hydrogen-bond acceptors (Lipinski definition) is 5. The molecule has 0 bridgehead atoms. The number of aromatic nitrogens is 3. The second-order valence-corrected chi connectivity index (χ2v) is 10.7. The van der Waals surface area contributed by atoms with Gasteiger partial charge in [0.05, 0.1) is 22.3 Å². The van der Waals surface area contributed by atoms with Crippen LogP contribution in [0.1, 0.15) is 74.5 Å². The number of aromatic amines is 1. The van der Waals surface area contributed by atoms with Crippen molar-refractivity contribution in [2.75, 3.05) is 19.6 Å². The van der Waals surface area contributed by atoms with E-state index in [0.29, 0.717) is 12.0 Å². The maximum Gasteiger partial charge on any atom is 0.144 e. The largest absolute Gasteiger partial charge is 0.361 e. The molecule has 2 fully saturated rings. The summed E-state index contributed by atoms with van der Waals surface area (Å²) < 4.78 is 5.38. The summed E-state index contributed by atoms with van der Waals surface area (Å²) in [6.45, 7) is 14.4. The molecule has 0 spiro atoms. The summed E-state index contributed by atoms with van der Waals surface area (Å²) in [7, 11) is 0. The van der Waals surface area contributed by atoms with Crippen LogP contribution in [0.15, 0.2) is 16.7 Å². The second-order valence-electron chi connectivity index (χ2n) is 10.7. The predicted octanol–water partition coefficient (Wildman–Crippen LogP) is 5.49. The third-order valence-corrected chi connectivity index (χ3v) is 7.82. The highest BCUT2D eigenvalue weighted by atomic mass is 16.5. The van der Waals surface area contributed by atoms with Crippen LogP contribution in [0.25, 0.3) is 22.4 Å². The van der Waals surface area contributed by atoms with Crippen molar-refractivity contribution in [1.82, 2.24) is 25.3 Å². The van der Waals surface area contributed by atoms with E-state index in [1.165, 1.54) is 62.9 Å². The van der Waals surface area contributed by atoms with Gasteiger partial charge in [-0.3, -0.25) is 4.90 Å². The Balaban J connectivity index is 1.42. The van der Waals surface area contributed by atoms with Gasteiger partial charge in [-0.25, -0.2) is 4.98 Å². The number of hydrogen-bond donors (Lipinski definition) is 2. The van der Waals surface area contributed by atoms with E-state index in [2.05, 4.69) is 53.3 Å². The molecule has 2 aliphatic heterocycles. The van der Waals surface area contributed by atoms with E-state index in [0.717, 1.165) is 45.8 Å². The van der Waals surface area contributed by atoms with E-state index >= 15 is 0 Å². The van der Waals surface area contributed by atoms with Crippen LogP contribution >= 0.6 is 0 Å². The number of rotatable bonds is 5. The van der Waals surface area contributed by atoms with Gasteiger partial charge in [-0.2, -0.15) is 0 Å². The Labute approximate surface area is 197 Å². The van der Waals surface area contributed by atoms with Crippen molar-refractivity contribution in [3.8, 4) is 11.4 Å². The maximum atomic E-state index is 5.38. The Morgan fingerprint density at radius 3 is 2.61 bits per heavy atom. The molecule has 0 aliphatic carbocycles. The van der Waals surface area contributed by atoms with Crippen molar-refractivity contribution >= 4 is 11.0 Å². The number of nitrogens with zero attached hydrogens (tertiary/aromatic N) is 3. The summed E-state index contributed by atoms with van der Waals surface area (Å²) in [6, 6.07) is 6.18. The third-order valence-electron chi connectivity index (χ3n) is 7.82. The zero-order valence-electron chi connectivity index (χ0n) is 20.9.